The largest absolute Gasteiger partial charge is 0.392 e. The van der Waals surface area contributed by atoms with Gasteiger partial charge in [-0.15, -0.1) is 0 Å². The lowest BCUT2D eigenvalue weighted by molar-refractivity contribution is -0.141. The number of piperidine rings is 1. The summed E-state index contributed by atoms with van der Waals surface area (Å²) in [4.78, 5) is 15.3. The first-order valence-electron chi connectivity index (χ1n) is 7.68. The van der Waals surface area contributed by atoms with Crippen LogP contribution in [0.15, 0.2) is 0 Å². The first-order chi connectivity index (χ1) is 9.60. The Kier molecular flexibility index (Phi) is 5.38. The number of nitrogens with zero attached hydrogens (tertiary/aromatic N) is 1. The van der Waals surface area contributed by atoms with E-state index in [2.05, 4.69) is 0 Å². The summed E-state index contributed by atoms with van der Waals surface area (Å²) in [5.74, 6) is 0.761. The van der Waals surface area contributed by atoms with E-state index in [9.17, 15) is 4.79 Å². The van der Waals surface area contributed by atoms with Gasteiger partial charge in [-0.1, -0.05) is 31.5 Å². The molecule has 2 aliphatic rings. The second kappa shape index (κ2) is 6.85. The molecular formula is C15H26N2O2S. The van der Waals surface area contributed by atoms with Crippen molar-refractivity contribution in [3.8, 4) is 0 Å². The van der Waals surface area contributed by atoms with E-state index in [-0.39, 0.29) is 5.91 Å². The van der Waals surface area contributed by atoms with Crippen LogP contribution in [0.25, 0.3) is 0 Å². The number of carbonyl (C=O) groups excluding carboxylic acids is 1. The topological polar surface area (TPSA) is 55.6 Å². The van der Waals surface area contributed by atoms with Crippen LogP contribution in [0.1, 0.15) is 44.9 Å². The van der Waals surface area contributed by atoms with Crippen LogP contribution in [0.2, 0.25) is 0 Å². The van der Waals surface area contributed by atoms with Crippen molar-refractivity contribution in [1.82, 2.24) is 4.90 Å². The Bertz CT molecular complexity index is 359. The summed E-state index contributed by atoms with van der Waals surface area (Å²) < 4.78 is 5.21. The maximum atomic E-state index is 12.9. The Hall–Kier alpha value is -0.680. The monoisotopic (exact) mass is 298 g/mol. The molecule has 1 amide bonds. The normalized spacial score (nSPS) is 23.6. The van der Waals surface area contributed by atoms with E-state index >= 15 is 0 Å². The van der Waals surface area contributed by atoms with Gasteiger partial charge < -0.3 is 15.4 Å². The average molecular weight is 298 g/mol. The lowest BCUT2D eigenvalue weighted by Crippen LogP contribution is -2.53. The van der Waals surface area contributed by atoms with E-state index < -0.39 is 5.41 Å². The Morgan fingerprint density at radius 2 is 1.90 bits per heavy atom. The average Bonchev–Trinajstić information content (AvgIpc) is 2.48. The van der Waals surface area contributed by atoms with Crippen LogP contribution < -0.4 is 5.73 Å². The van der Waals surface area contributed by atoms with Crippen molar-refractivity contribution < 1.29 is 9.53 Å². The number of nitrogens with two attached hydrogens (primary N) is 1. The Morgan fingerprint density at radius 3 is 2.40 bits per heavy atom. The minimum absolute atomic E-state index is 0.181. The van der Waals surface area contributed by atoms with Gasteiger partial charge in [-0.2, -0.15) is 0 Å². The molecule has 0 unspecified atom stereocenters. The third-order valence-corrected chi connectivity index (χ3v) is 5.28. The molecule has 0 aromatic carbocycles. The molecule has 4 nitrogen and oxygen atoms in total. The van der Waals surface area contributed by atoms with Gasteiger partial charge in [-0.25, -0.2) is 0 Å². The number of carbonyl (C=O) groups is 1. The van der Waals surface area contributed by atoms with E-state index in [0.29, 0.717) is 10.9 Å². The number of rotatable bonds is 4. The maximum absolute atomic E-state index is 12.9. The smallest absolute Gasteiger partial charge is 0.235 e. The molecule has 114 valence electrons. The van der Waals surface area contributed by atoms with Gasteiger partial charge in [0.15, 0.2) is 0 Å². The quantitative estimate of drug-likeness (QED) is 0.808. The third kappa shape index (κ3) is 3.14. The SMILES string of the molecule is COCC1CCN(C(=O)C2(C(N)=S)CCCCC2)CC1. The molecule has 1 saturated heterocycles. The van der Waals surface area contributed by atoms with Gasteiger partial charge >= 0.3 is 0 Å². The Morgan fingerprint density at radius 1 is 1.30 bits per heavy atom. The van der Waals surface area contributed by atoms with Crippen LogP contribution in [0, 0.1) is 11.3 Å². The zero-order chi connectivity index (χ0) is 14.6. The molecule has 2 N–H and O–H groups in total. The van der Waals surface area contributed by atoms with Crippen LogP contribution in [0.3, 0.4) is 0 Å². The van der Waals surface area contributed by atoms with Crippen molar-refractivity contribution in [2.45, 2.75) is 44.9 Å². The molecule has 2 fully saturated rings. The second-order valence-corrected chi connectivity index (χ2v) is 6.64. The molecule has 0 spiro atoms. The summed E-state index contributed by atoms with van der Waals surface area (Å²) >= 11 is 5.25. The number of methoxy groups -OCH3 is 1. The lowest BCUT2D eigenvalue weighted by atomic mass is 9.72. The zero-order valence-electron chi connectivity index (χ0n) is 12.4. The summed E-state index contributed by atoms with van der Waals surface area (Å²) in [5.41, 5.74) is 5.39. The van der Waals surface area contributed by atoms with Crippen molar-refractivity contribution in [2.75, 3.05) is 26.8 Å². The van der Waals surface area contributed by atoms with Gasteiger partial charge in [-0.3, -0.25) is 4.79 Å². The molecule has 1 heterocycles. The van der Waals surface area contributed by atoms with Crippen LogP contribution in [0.4, 0.5) is 0 Å². The third-order valence-electron chi connectivity index (χ3n) is 4.89. The van der Waals surface area contributed by atoms with Crippen molar-refractivity contribution in [3.05, 3.63) is 0 Å². The molecule has 0 radical (unpaired) electrons. The summed E-state index contributed by atoms with van der Waals surface area (Å²) in [6, 6.07) is 0. The molecule has 0 aromatic rings. The van der Waals surface area contributed by atoms with Crippen LogP contribution in [-0.2, 0) is 9.53 Å². The Labute approximate surface area is 127 Å². The van der Waals surface area contributed by atoms with Gasteiger partial charge in [0.05, 0.1) is 10.4 Å². The maximum Gasteiger partial charge on any atom is 0.235 e. The fourth-order valence-electron chi connectivity index (χ4n) is 3.56. The molecule has 1 saturated carbocycles. The minimum Gasteiger partial charge on any atom is -0.392 e. The molecule has 1 aliphatic carbocycles. The molecule has 0 atom stereocenters. The number of thiocarbonyl (C=S) groups is 1. The van der Waals surface area contributed by atoms with Gasteiger partial charge in [0.1, 0.15) is 0 Å². The van der Waals surface area contributed by atoms with Crippen LogP contribution >= 0.6 is 12.2 Å². The van der Waals surface area contributed by atoms with Crippen LogP contribution in [-0.4, -0.2) is 42.6 Å². The molecule has 20 heavy (non-hydrogen) atoms. The van der Waals surface area contributed by atoms with Crippen molar-refractivity contribution in [2.24, 2.45) is 17.1 Å². The fourth-order valence-corrected chi connectivity index (χ4v) is 3.85. The molecule has 0 bridgehead atoms. The van der Waals surface area contributed by atoms with Gasteiger partial charge in [0.25, 0.3) is 0 Å². The summed E-state index contributed by atoms with van der Waals surface area (Å²) in [6.07, 6.45) is 7.01. The van der Waals surface area contributed by atoms with E-state index in [1.807, 2.05) is 4.90 Å². The highest BCUT2D eigenvalue weighted by molar-refractivity contribution is 7.80. The number of ether oxygens (including phenoxy) is 1. The lowest BCUT2D eigenvalue weighted by Gasteiger charge is -2.41. The van der Waals surface area contributed by atoms with Gasteiger partial charge in [0.2, 0.25) is 5.91 Å². The molecule has 0 aromatic heterocycles. The van der Waals surface area contributed by atoms with Crippen LogP contribution in [0.5, 0.6) is 0 Å². The van der Waals surface area contributed by atoms with Crippen molar-refractivity contribution in [3.63, 3.8) is 0 Å². The fraction of sp³-hybridized carbons (Fsp3) is 0.867. The Balaban J connectivity index is 2.00. The molecular weight excluding hydrogens is 272 g/mol. The van der Waals surface area contributed by atoms with Crippen molar-refractivity contribution in [1.29, 1.82) is 0 Å². The van der Waals surface area contributed by atoms with E-state index in [0.717, 1.165) is 58.2 Å². The molecule has 5 heteroatoms. The standard InChI is InChI=1S/C15H26N2O2S/c1-19-11-12-5-9-17(10-6-12)14(18)15(13(16)20)7-3-2-4-8-15/h12H,2-11H2,1H3,(H2,16,20). The highest BCUT2D eigenvalue weighted by atomic mass is 32.1. The molecule has 2 rings (SSSR count). The number of hydrogen-bond donors (Lipinski definition) is 1. The number of hydrogen-bond acceptors (Lipinski definition) is 3. The number of likely N-dealkylation sites (tertiary alicyclic amines) is 1. The summed E-state index contributed by atoms with van der Waals surface area (Å²) in [5, 5.41) is 0. The molecule has 1 aliphatic heterocycles. The highest BCUT2D eigenvalue weighted by Gasteiger charge is 2.45. The van der Waals surface area contributed by atoms with Crippen molar-refractivity contribution >= 4 is 23.1 Å². The second-order valence-electron chi connectivity index (χ2n) is 6.20. The zero-order valence-corrected chi connectivity index (χ0v) is 13.2. The summed E-state index contributed by atoms with van der Waals surface area (Å²) in [7, 11) is 1.74. The van der Waals surface area contributed by atoms with Gasteiger partial charge in [0, 0.05) is 26.8 Å². The predicted octanol–water partition coefficient (Wildman–Crippen LogP) is 2.11. The van der Waals surface area contributed by atoms with E-state index in [4.69, 9.17) is 22.7 Å². The first kappa shape index (κ1) is 15.7. The number of amides is 1. The minimum atomic E-state index is -0.554. The predicted molar refractivity (Wildman–Crippen MR) is 83.5 cm³/mol. The summed E-state index contributed by atoms with van der Waals surface area (Å²) in [6.45, 7) is 2.43. The highest BCUT2D eigenvalue weighted by Crippen LogP contribution is 2.39. The van der Waals surface area contributed by atoms with Gasteiger partial charge in [-0.05, 0) is 31.6 Å². The first-order valence-corrected chi connectivity index (χ1v) is 8.09. The van der Waals surface area contributed by atoms with E-state index in [1.54, 1.807) is 7.11 Å². The van der Waals surface area contributed by atoms with E-state index in [1.165, 1.54) is 6.42 Å².